The zero-order valence-electron chi connectivity index (χ0n) is 12.7. The zero-order valence-corrected chi connectivity index (χ0v) is 12.7. The minimum atomic E-state index is -0.580. The second-order valence-corrected chi connectivity index (χ2v) is 5.86. The summed E-state index contributed by atoms with van der Waals surface area (Å²) in [6.45, 7) is 0.280. The fourth-order valence-corrected chi connectivity index (χ4v) is 3.01. The Hall–Kier alpha value is -2.40. The first-order valence-electron chi connectivity index (χ1n) is 7.71. The number of β-amino-alcohol motifs (C(OH)–C–C–N with tert-alkyl or cyclic N) is 1. The SMILES string of the molecule is O=C(C[C@@H]1C[C@@H](O)CN1C(=O)Cc1ccccc1)c1ccco1. The molecule has 1 aromatic heterocycles. The summed E-state index contributed by atoms with van der Waals surface area (Å²) < 4.78 is 5.11. The Labute approximate surface area is 134 Å². The van der Waals surface area contributed by atoms with Crippen molar-refractivity contribution in [2.24, 2.45) is 0 Å². The molecule has 0 spiro atoms. The lowest BCUT2D eigenvalue weighted by molar-refractivity contribution is -0.131. The van der Waals surface area contributed by atoms with Gasteiger partial charge in [-0.1, -0.05) is 30.3 Å². The molecule has 0 unspecified atom stereocenters. The molecule has 1 aliphatic rings. The Morgan fingerprint density at radius 3 is 2.65 bits per heavy atom. The molecule has 5 heteroatoms. The van der Waals surface area contributed by atoms with Gasteiger partial charge in [0.1, 0.15) is 0 Å². The molecule has 1 fully saturated rings. The molecule has 2 heterocycles. The third-order valence-electron chi connectivity index (χ3n) is 4.13. The Balaban J connectivity index is 1.67. The minimum absolute atomic E-state index is 0.0648. The van der Waals surface area contributed by atoms with Crippen LogP contribution in [-0.4, -0.2) is 40.4 Å². The van der Waals surface area contributed by atoms with Crippen LogP contribution in [0.3, 0.4) is 0 Å². The van der Waals surface area contributed by atoms with Crippen LogP contribution >= 0.6 is 0 Å². The summed E-state index contributed by atoms with van der Waals surface area (Å²) in [5.74, 6) is 0.0819. The molecule has 0 aliphatic carbocycles. The van der Waals surface area contributed by atoms with Crippen molar-refractivity contribution in [2.45, 2.75) is 31.4 Å². The molecule has 0 bridgehead atoms. The van der Waals surface area contributed by atoms with Gasteiger partial charge < -0.3 is 14.4 Å². The number of benzene rings is 1. The Morgan fingerprint density at radius 2 is 1.96 bits per heavy atom. The predicted molar refractivity (Wildman–Crippen MR) is 83.9 cm³/mol. The van der Waals surface area contributed by atoms with Crippen LogP contribution < -0.4 is 0 Å². The molecular formula is C18H19NO4. The van der Waals surface area contributed by atoms with Crippen LogP contribution in [-0.2, 0) is 11.2 Å². The Bertz CT molecular complexity index is 666. The summed E-state index contributed by atoms with van der Waals surface area (Å²) in [5.41, 5.74) is 0.926. The van der Waals surface area contributed by atoms with E-state index < -0.39 is 6.10 Å². The summed E-state index contributed by atoms with van der Waals surface area (Å²) >= 11 is 0. The largest absolute Gasteiger partial charge is 0.461 e. The van der Waals surface area contributed by atoms with Gasteiger partial charge in [0.2, 0.25) is 5.91 Å². The summed E-state index contributed by atoms with van der Waals surface area (Å²) in [7, 11) is 0. The Morgan fingerprint density at radius 1 is 1.17 bits per heavy atom. The fraction of sp³-hybridized carbons (Fsp3) is 0.333. The van der Waals surface area contributed by atoms with E-state index in [2.05, 4.69) is 0 Å². The maximum atomic E-state index is 12.5. The number of carbonyl (C=O) groups excluding carboxylic acids is 2. The second kappa shape index (κ2) is 6.79. The first kappa shape index (κ1) is 15.5. The van der Waals surface area contributed by atoms with Crippen molar-refractivity contribution in [2.75, 3.05) is 6.54 Å². The average Bonchev–Trinajstić information content (AvgIpc) is 3.18. The van der Waals surface area contributed by atoms with Gasteiger partial charge in [-0.2, -0.15) is 0 Å². The number of hydrogen-bond acceptors (Lipinski definition) is 4. The van der Waals surface area contributed by atoms with Crippen molar-refractivity contribution >= 4 is 11.7 Å². The third-order valence-corrected chi connectivity index (χ3v) is 4.13. The summed E-state index contributed by atoms with van der Waals surface area (Å²) in [4.78, 5) is 26.3. The number of rotatable bonds is 5. The molecule has 5 nitrogen and oxygen atoms in total. The number of carbonyl (C=O) groups is 2. The van der Waals surface area contributed by atoms with Gasteiger partial charge in [0.15, 0.2) is 11.5 Å². The quantitative estimate of drug-likeness (QED) is 0.858. The highest BCUT2D eigenvalue weighted by atomic mass is 16.3. The van der Waals surface area contributed by atoms with E-state index in [0.717, 1.165) is 5.56 Å². The number of hydrogen-bond donors (Lipinski definition) is 1. The normalized spacial score (nSPS) is 20.7. The molecular weight excluding hydrogens is 294 g/mol. The van der Waals surface area contributed by atoms with E-state index in [0.29, 0.717) is 12.2 Å². The van der Waals surface area contributed by atoms with Gasteiger partial charge >= 0.3 is 0 Å². The number of aliphatic hydroxyl groups is 1. The molecule has 1 aliphatic heterocycles. The van der Waals surface area contributed by atoms with Crippen molar-refractivity contribution in [3.63, 3.8) is 0 Å². The molecule has 2 atom stereocenters. The molecule has 3 rings (SSSR count). The van der Waals surface area contributed by atoms with Crippen LogP contribution in [0.25, 0.3) is 0 Å². The summed E-state index contributed by atoms with van der Waals surface area (Å²) in [6.07, 6.45) is 1.75. The van der Waals surface area contributed by atoms with E-state index >= 15 is 0 Å². The van der Waals surface area contributed by atoms with E-state index in [1.54, 1.807) is 17.0 Å². The van der Waals surface area contributed by atoms with E-state index in [4.69, 9.17) is 4.42 Å². The fourth-order valence-electron chi connectivity index (χ4n) is 3.01. The van der Waals surface area contributed by atoms with Crippen LogP contribution in [0.2, 0.25) is 0 Å². The van der Waals surface area contributed by atoms with Crippen LogP contribution in [0.4, 0.5) is 0 Å². The molecule has 1 amide bonds. The lowest BCUT2D eigenvalue weighted by Gasteiger charge is -2.23. The number of amides is 1. The van der Waals surface area contributed by atoms with Gasteiger partial charge in [-0.3, -0.25) is 9.59 Å². The average molecular weight is 313 g/mol. The van der Waals surface area contributed by atoms with Crippen LogP contribution in [0, 0.1) is 0 Å². The van der Waals surface area contributed by atoms with E-state index in [9.17, 15) is 14.7 Å². The van der Waals surface area contributed by atoms with Crippen molar-refractivity contribution < 1.29 is 19.1 Å². The van der Waals surface area contributed by atoms with Crippen molar-refractivity contribution in [3.05, 3.63) is 60.1 Å². The molecule has 0 radical (unpaired) electrons. The van der Waals surface area contributed by atoms with Gasteiger partial charge in [-0.05, 0) is 24.1 Å². The van der Waals surface area contributed by atoms with Crippen molar-refractivity contribution in [3.8, 4) is 0 Å². The molecule has 23 heavy (non-hydrogen) atoms. The van der Waals surface area contributed by atoms with E-state index in [-0.39, 0.29) is 37.1 Å². The minimum Gasteiger partial charge on any atom is -0.461 e. The van der Waals surface area contributed by atoms with E-state index in [1.165, 1.54) is 6.26 Å². The van der Waals surface area contributed by atoms with Gasteiger partial charge in [-0.15, -0.1) is 0 Å². The number of aliphatic hydroxyl groups excluding tert-OH is 1. The number of ketones is 1. The van der Waals surface area contributed by atoms with Crippen LogP contribution in [0.1, 0.15) is 29.0 Å². The monoisotopic (exact) mass is 313 g/mol. The highest BCUT2D eigenvalue weighted by Crippen LogP contribution is 2.23. The second-order valence-electron chi connectivity index (χ2n) is 5.86. The summed E-state index contributed by atoms with van der Waals surface area (Å²) in [5, 5.41) is 9.90. The lowest BCUT2D eigenvalue weighted by atomic mass is 10.0. The highest BCUT2D eigenvalue weighted by Gasteiger charge is 2.35. The van der Waals surface area contributed by atoms with Crippen molar-refractivity contribution in [1.82, 2.24) is 4.90 Å². The van der Waals surface area contributed by atoms with Crippen LogP contribution in [0.5, 0.6) is 0 Å². The maximum absolute atomic E-state index is 12.5. The zero-order chi connectivity index (χ0) is 16.2. The summed E-state index contributed by atoms with van der Waals surface area (Å²) in [6, 6.07) is 12.5. The molecule has 120 valence electrons. The van der Waals surface area contributed by atoms with Crippen molar-refractivity contribution in [1.29, 1.82) is 0 Å². The lowest BCUT2D eigenvalue weighted by Crippen LogP contribution is -2.38. The number of furan rings is 1. The molecule has 1 N–H and O–H groups in total. The van der Waals surface area contributed by atoms with Gasteiger partial charge in [0, 0.05) is 19.0 Å². The standard InChI is InChI=1S/C18H19NO4/c20-15-10-14(11-16(21)17-7-4-8-23-17)19(12-15)18(22)9-13-5-2-1-3-6-13/h1-8,14-15,20H,9-12H2/t14-,15+/m0/s1. The predicted octanol–water partition coefficient (Wildman–Crippen LogP) is 2.06. The van der Waals surface area contributed by atoms with Crippen LogP contribution in [0.15, 0.2) is 53.1 Å². The molecule has 1 saturated heterocycles. The van der Waals surface area contributed by atoms with Gasteiger partial charge in [-0.25, -0.2) is 0 Å². The molecule has 2 aromatic rings. The Kier molecular flexibility index (Phi) is 4.57. The third kappa shape index (κ3) is 3.68. The smallest absolute Gasteiger partial charge is 0.227 e. The molecule has 0 saturated carbocycles. The number of likely N-dealkylation sites (tertiary alicyclic amines) is 1. The first-order chi connectivity index (χ1) is 11.1. The van der Waals surface area contributed by atoms with E-state index in [1.807, 2.05) is 30.3 Å². The molecule has 1 aromatic carbocycles. The highest BCUT2D eigenvalue weighted by molar-refractivity contribution is 5.94. The number of nitrogens with zero attached hydrogens (tertiary/aromatic N) is 1. The first-order valence-corrected chi connectivity index (χ1v) is 7.71. The van der Waals surface area contributed by atoms with Gasteiger partial charge in [0.25, 0.3) is 0 Å². The van der Waals surface area contributed by atoms with Gasteiger partial charge in [0.05, 0.1) is 18.8 Å². The topological polar surface area (TPSA) is 70.8 Å². The number of Topliss-reactive ketones (excluding diaryl/α,β-unsaturated/α-hetero) is 1. The maximum Gasteiger partial charge on any atom is 0.227 e.